The molecule has 25 heavy (non-hydrogen) atoms. The highest BCUT2D eigenvalue weighted by atomic mass is 35.5. The zero-order chi connectivity index (χ0) is 17.4. The highest BCUT2D eigenvalue weighted by Crippen LogP contribution is 2.40. The van der Waals surface area contributed by atoms with Gasteiger partial charge in [-0.05, 0) is 35.7 Å². The maximum Gasteiger partial charge on any atom is 0.241 e. The molecular formula is C18H18ClN5O. The Morgan fingerprint density at radius 2 is 2.08 bits per heavy atom. The zero-order valence-electron chi connectivity index (χ0n) is 13.7. The van der Waals surface area contributed by atoms with Gasteiger partial charge in [0.1, 0.15) is 5.75 Å². The van der Waals surface area contributed by atoms with E-state index in [1.165, 1.54) is 0 Å². The van der Waals surface area contributed by atoms with Crippen molar-refractivity contribution in [3.8, 4) is 5.75 Å². The molecule has 3 aromatic rings. The molecule has 2 heterocycles. The van der Waals surface area contributed by atoms with E-state index in [0.717, 1.165) is 23.3 Å². The molecule has 128 valence electrons. The lowest BCUT2D eigenvalue weighted by Crippen LogP contribution is -2.28. The number of anilines is 2. The molecule has 6 nitrogen and oxygen atoms in total. The van der Waals surface area contributed by atoms with Crippen LogP contribution in [0.15, 0.2) is 48.5 Å². The number of fused-ring (bicyclic) bond motifs is 1. The number of nitrogens with one attached hydrogen (secondary N) is 1. The van der Waals surface area contributed by atoms with E-state index in [1.54, 1.807) is 7.11 Å². The summed E-state index contributed by atoms with van der Waals surface area (Å²) in [6.45, 7) is 0. The number of hydrogen-bond acceptors (Lipinski definition) is 5. The first-order chi connectivity index (χ1) is 12.2. The van der Waals surface area contributed by atoms with Crippen LogP contribution in [0.1, 0.15) is 29.6 Å². The van der Waals surface area contributed by atoms with Gasteiger partial charge in [0, 0.05) is 5.02 Å². The van der Waals surface area contributed by atoms with Gasteiger partial charge in [-0.2, -0.15) is 4.98 Å². The van der Waals surface area contributed by atoms with E-state index in [4.69, 9.17) is 22.1 Å². The van der Waals surface area contributed by atoms with Crippen LogP contribution in [0.5, 0.6) is 5.75 Å². The molecule has 0 spiro atoms. The predicted octanol–water partition coefficient (Wildman–Crippen LogP) is 3.67. The van der Waals surface area contributed by atoms with Crippen molar-refractivity contribution in [2.75, 3.05) is 18.2 Å². The third-order valence-electron chi connectivity index (χ3n) is 4.47. The smallest absolute Gasteiger partial charge is 0.241 e. The van der Waals surface area contributed by atoms with Crippen LogP contribution in [0.25, 0.3) is 0 Å². The summed E-state index contributed by atoms with van der Waals surface area (Å²) in [5.41, 5.74) is 7.95. The van der Waals surface area contributed by atoms with Crippen molar-refractivity contribution < 1.29 is 4.74 Å². The van der Waals surface area contributed by atoms with Gasteiger partial charge < -0.3 is 15.8 Å². The Kier molecular flexibility index (Phi) is 3.97. The van der Waals surface area contributed by atoms with Crippen molar-refractivity contribution >= 4 is 23.5 Å². The average Bonchev–Trinajstić information content (AvgIpc) is 3.01. The van der Waals surface area contributed by atoms with Crippen LogP contribution in [0.2, 0.25) is 5.02 Å². The molecule has 0 radical (unpaired) electrons. The molecule has 0 unspecified atom stereocenters. The molecular weight excluding hydrogens is 338 g/mol. The summed E-state index contributed by atoms with van der Waals surface area (Å²) in [5.74, 6) is 1.70. The Morgan fingerprint density at radius 1 is 1.24 bits per heavy atom. The number of halogens is 1. The average molecular weight is 356 g/mol. The first-order valence-corrected chi connectivity index (χ1v) is 8.40. The molecule has 2 atom stereocenters. The minimum Gasteiger partial charge on any atom is -0.497 e. The fraction of sp³-hybridized carbons (Fsp3) is 0.222. The standard InChI is InChI=1S/C18H18ClN5O/c1-25-12-6-4-5-11(9-12)15-10-16(13-7-2-3-8-14(13)19)24-18(21-15)22-17(20)23-24/h2-9,15-16H,10H2,1H3,(H3,20,21,22,23)/t15-,16+/m0/s1. The number of benzene rings is 2. The fourth-order valence-corrected chi connectivity index (χ4v) is 3.54. The molecule has 0 aliphatic carbocycles. The van der Waals surface area contributed by atoms with Crippen LogP contribution >= 0.6 is 11.6 Å². The van der Waals surface area contributed by atoms with Gasteiger partial charge in [0.2, 0.25) is 11.9 Å². The molecule has 0 fully saturated rings. The topological polar surface area (TPSA) is 78.0 Å². The summed E-state index contributed by atoms with van der Waals surface area (Å²) in [4.78, 5) is 4.32. The Labute approximate surface area is 150 Å². The normalized spacial score (nSPS) is 19.1. The third-order valence-corrected chi connectivity index (χ3v) is 4.81. The highest BCUT2D eigenvalue weighted by Gasteiger charge is 2.31. The maximum absolute atomic E-state index is 6.44. The van der Waals surface area contributed by atoms with Crippen molar-refractivity contribution in [2.45, 2.75) is 18.5 Å². The van der Waals surface area contributed by atoms with E-state index in [-0.39, 0.29) is 18.0 Å². The largest absolute Gasteiger partial charge is 0.497 e. The molecule has 3 N–H and O–H groups in total. The molecule has 2 aromatic carbocycles. The molecule has 0 saturated carbocycles. The first-order valence-electron chi connectivity index (χ1n) is 8.02. The van der Waals surface area contributed by atoms with E-state index in [1.807, 2.05) is 47.1 Å². The van der Waals surface area contributed by atoms with Crippen LogP contribution < -0.4 is 15.8 Å². The highest BCUT2D eigenvalue weighted by molar-refractivity contribution is 6.31. The molecule has 1 aliphatic rings. The van der Waals surface area contributed by atoms with Gasteiger partial charge in [0.25, 0.3) is 0 Å². The summed E-state index contributed by atoms with van der Waals surface area (Å²) in [5, 5.41) is 8.47. The summed E-state index contributed by atoms with van der Waals surface area (Å²) in [7, 11) is 1.66. The van der Waals surface area contributed by atoms with Crippen molar-refractivity contribution in [1.82, 2.24) is 14.8 Å². The van der Waals surface area contributed by atoms with Crippen LogP contribution in [0.3, 0.4) is 0 Å². The van der Waals surface area contributed by atoms with Crippen LogP contribution in [0.4, 0.5) is 11.9 Å². The third kappa shape index (κ3) is 2.89. The number of nitrogens with zero attached hydrogens (tertiary/aromatic N) is 3. The molecule has 1 aliphatic heterocycles. The summed E-state index contributed by atoms with van der Waals surface area (Å²) >= 11 is 6.44. The van der Waals surface area contributed by atoms with Gasteiger partial charge in [-0.25, -0.2) is 4.68 Å². The van der Waals surface area contributed by atoms with Gasteiger partial charge in [-0.3, -0.25) is 0 Å². The number of hydrogen-bond donors (Lipinski definition) is 2. The number of aromatic nitrogens is 3. The second-order valence-corrected chi connectivity index (χ2v) is 6.39. The van der Waals surface area contributed by atoms with Gasteiger partial charge >= 0.3 is 0 Å². The fourth-order valence-electron chi connectivity index (χ4n) is 3.28. The number of nitrogens with two attached hydrogens (primary N) is 1. The monoisotopic (exact) mass is 355 g/mol. The van der Waals surface area contributed by atoms with Gasteiger partial charge in [0.15, 0.2) is 0 Å². The van der Waals surface area contributed by atoms with Crippen molar-refractivity contribution in [3.63, 3.8) is 0 Å². The number of ether oxygens (including phenoxy) is 1. The Hall–Kier alpha value is -2.73. The molecule has 4 rings (SSSR count). The number of nitrogen functional groups attached to an aromatic ring is 1. The molecule has 0 amide bonds. The summed E-state index contributed by atoms with van der Waals surface area (Å²) in [6.07, 6.45) is 0.771. The Morgan fingerprint density at radius 3 is 2.88 bits per heavy atom. The first kappa shape index (κ1) is 15.8. The van der Waals surface area contributed by atoms with Crippen LogP contribution in [0, 0.1) is 0 Å². The van der Waals surface area contributed by atoms with Gasteiger partial charge in [-0.1, -0.05) is 41.9 Å². The van der Waals surface area contributed by atoms with Crippen molar-refractivity contribution in [3.05, 3.63) is 64.7 Å². The number of methoxy groups -OCH3 is 1. The second-order valence-electron chi connectivity index (χ2n) is 5.98. The quantitative estimate of drug-likeness (QED) is 0.749. The minimum absolute atomic E-state index is 0.0486. The van der Waals surface area contributed by atoms with E-state index < -0.39 is 0 Å². The van der Waals surface area contributed by atoms with E-state index >= 15 is 0 Å². The van der Waals surface area contributed by atoms with Crippen LogP contribution in [-0.4, -0.2) is 21.9 Å². The molecule has 7 heteroatoms. The number of rotatable bonds is 3. The Balaban J connectivity index is 1.77. The molecule has 1 aromatic heterocycles. The lowest BCUT2D eigenvalue weighted by molar-refractivity contribution is 0.410. The van der Waals surface area contributed by atoms with E-state index in [9.17, 15) is 0 Å². The molecule has 0 saturated heterocycles. The lowest BCUT2D eigenvalue weighted by atomic mass is 9.93. The lowest BCUT2D eigenvalue weighted by Gasteiger charge is -2.32. The van der Waals surface area contributed by atoms with Crippen molar-refractivity contribution in [1.29, 1.82) is 0 Å². The van der Waals surface area contributed by atoms with Crippen LogP contribution in [-0.2, 0) is 0 Å². The van der Waals surface area contributed by atoms with Gasteiger partial charge in [0.05, 0.1) is 19.2 Å². The predicted molar refractivity (Wildman–Crippen MR) is 98.0 cm³/mol. The maximum atomic E-state index is 6.44. The summed E-state index contributed by atoms with van der Waals surface area (Å²) < 4.78 is 7.16. The molecule has 0 bridgehead atoms. The van der Waals surface area contributed by atoms with Crippen molar-refractivity contribution in [2.24, 2.45) is 0 Å². The SMILES string of the molecule is COc1cccc([C@@H]2C[C@H](c3ccccc3Cl)n3nc(N)nc3N2)c1. The zero-order valence-corrected chi connectivity index (χ0v) is 14.4. The van der Waals surface area contributed by atoms with E-state index in [0.29, 0.717) is 11.0 Å². The summed E-state index contributed by atoms with van der Waals surface area (Å²) in [6, 6.07) is 15.8. The minimum atomic E-state index is -0.0500. The van der Waals surface area contributed by atoms with Gasteiger partial charge in [-0.15, -0.1) is 5.10 Å². The van der Waals surface area contributed by atoms with E-state index in [2.05, 4.69) is 21.5 Å². The second kappa shape index (κ2) is 6.29. The Bertz CT molecular complexity index is 910.